The molecule has 2 heteroatoms. The number of aromatic hydroxyl groups is 2. The van der Waals surface area contributed by atoms with Crippen LogP contribution in [0, 0.1) is 24.7 Å². The maximum Gasteiger partial charge on any atom is 0.139 e. The summed E-state index contributed by atoms with van der Waals surface area (Å²) >= 11 is 0. The molecule has 0 aliphatic heterocycles. The Hall–Kier alpha value is -2.58. The van der Waals surface area contributed by atoms with Crippen LogP contribution >= 0.6 is 0 Å². The van der Waals surface area contributed by atoms with Crippen molar-refractivity contribution in [3.63, 3.8) is 0 Å². The highest BCUT2D eigenvalue weighted by atomic mass is 16.3. The lowest BCUT2D eigenvalue weighted by molar-refractivity contribution is 0.474. The van der Waals surface area contributed by atoms with E-state index in [-0.39, 0.29) is 11.5 Å². The molecule has 0 saturated heterocycles. The topological polar surface area (TPSA) is 40.5 Å². The molecule has 0 unspecified atom stereocenters. The average Bonchev–Trinajstić information content (AvgIpc) is 2.31. The Morgan fingerprint density at radius 2 is 1.12 bits per heavy atom. The van der Waals surface area contributed by atoms with Gasteiger partial charge in [-0.1, -0.05) is 11.8 Å². The average molecular weight is 208 g/mol. The zero-order chi connectivity index (χ0) is 11.7. The number of benzene rings is 2. The Bertz CT molecular complexity index is 596. The van der Waals surface area contributed by atoms with E-state index in [1.54, 1.807) is 24.3 Å². The van der Waals surface area contributed by atoms with E-state index in [0.29, 0.717) is 21.9 Å². The fourth-order valence-corrected chi connectivity index (χ4v) is 1.61. The number of hydrogen-bond acceptors (Lipinski definition) is 2. The molecule has 0 aliphatic carbocycles. The van der Waals surface area contributed by atoms with Crippen LogP contribution in [0.25, 0.3) is 10.8 Å². The van der Waals surface area contributed by atoms with Crippen LogP contribution in [0.2, 0.25) is 0 Å². The molecule has 2 rings (SSSR count). The van der Waals surface area contributed by atoms with Gasteiger partial charge in [-0.2, -0.15) is 0 Å². The van der Waals surface area contributed by atoms with Gasteiger partial charge in [-0.25, -0.2) is 0 Å². The molecular formula is C14H8O2. The van der Waals surface area contributed by atoms with Gasteiger partial charge in [0.1, 0.15) is 11.5 Å². The highest BCUT2D eigenvalue weighted by molar-refractivity contribution is 5.96. The van der Waals surface area contributed by atoms with Crippen molar-refractivity contribution in [3.05, 3.63) is 35.4 Å². The molecule has 0 fully saturated rings. The van der Waals surface area contributed by atoms with E-state index < -0.39 is 0 Å². The van der Waals surface area contributed by atoms with Crippen LogP contribution < -0.4 is 0 Å². The first-order valence-corrected chi connectivity index (χ1v) is 4.60. The van der Waals surface area contributed by atoms with Crippen LogP contribution in [0.1, 0.15) is 11.1 Å². The van der Waals surface area contributed by atoms with Gasteiger partial charge < -0.3 is 10.2 Å². The van der Waals surface area contributed by atoms with Crippen molar-refractivity contribution >= 4 is 10.8 Å². The van der Waals surface area contributed by atoms with Gasteiger partial charge in [-0.15, -0.1) is 12.8 Å². The summed E-state index contributed by atoms with van der Waals surface area (Å²) < 4.78 is 0. The Kier molecular flexibility index (Phi) is 2.20. The largest absolute Gasteiger partial charge is 0.506 e. The highest BCUT2D eigenvalue weighted by Crippen LogP contribution is 2.35. The van der Waals surface area contributed by atoms with E-state index in [0.717, 1.165) is 0 Å². The molecule has 0 amide bonds. The monoisotopic (exact) mass is 208 g/mol. The van der Waals surface area contributed by atoms with E-state index in [9.17, 15) is 10.2 Å². The summed E-state index contributed by atoms with van der Waals surface area (Å²) in [5.41, 5.74) is 0.778. The lowest BCUT2D eigenvalue weighted by Crippen LogP contribution is -1.83. The number of rotatable bonds is 0. The molecule has 0 radical (unpaired) electrons. The summed E-state index contributed by atoms with van der Waals surface area (Å²) in [6.07, 6.45) is 10.5. The molecule has 0 saturated carbocycles. The Morgan fingerprint density at radius 1 is 0.750 bits per heavy atom. The molecule has 2 aromatic carbocycles. The van der Waals surface area contributed by atoms with Gasteiger partial charge in [-0.05, 0) is 24.3 Å². The van der Waals surface area contributed by atoms with Crippen LogP contribution in [0.15, 0.2) is 24.3 Å². The van der Waals surface area contributed by atoms with Gasteiger partial charge in [0.25, 0.3) is 0 Å². The van der Waals surface area contributed by atoms with E-state index in [1.165, 1.54) is 0 Å². The SMILES string of the molecule is C#Cc1ccc2c(O)c(C#C)ccc2c1O. The van der Waals surface area contributed by atoms with Gasteiger partial charge in [-0.3, -0.25) is 0 Å². The lowest BCUT2D eigenvalue weighted by Gasteiger charge is -2.06. The van der Waals surface area contributed by atoms with Gasteiger partial charge >= 0.3 is 0 Å². The second-order valence-electron chi connectivity index (χ2n) is 3.31. The first-order valence-electron chi connectivity index (χ1n) is 4.60. The summed E-state index contributed by atoms with van der Waals surface area (Å²) in [6, 6.07) is 6.41. The number of terminal acetylenes is 2. The van der Waals surface area contributed by atoms with Crippen molar-refractivity contribution in [2.24, 2.45) is 0 Å². The fourth-order valence-electron chi connectivity index (χ4n) is 1.61. The molecule has 16 heavy (non-hydrogen) atoms. The van der Waals surface area contributed by atoms with Crippen LogP contribution in [0.3, 0.4) is 0 Å². The lowest BCUT2D eigenvalue weighted by atomic mass is 10.0. The minimum absolute atomic E-state index is 0.0149. The Morgan fingerprint density at radius 3 is 1.44 bits per heavy atom. The third-order valence-corrected chi connectivity index (χ3v) is 2.45. The third-order valence-electron chi connectivity index (χ3n) is 2.45. The molecule has 0 spiro atoms. The Balaban J connectivity index is 2.92. The molecule has 76 valence electrons. The van der Waals surface area contributed by atoms with Crippen LogP contribution in [-0.4, -0.2) is 10.2 Å². The smallest absolute Gasteiger partial charge is 0.139 e. The van der Waals surface area contributed by atoms with Crippen molar-refractivity contribution < 1.29 is 10.2 Å². The quantitative estimate of drug-likeness (QED) is 0.652. The van der Waals surface area contributed by atoms with Crippen LogP contribution in [0.4, 0.5) is 0 Å². The Labute approximate surface area is 93.2 Å². The van der Waals surface area contributed by atoms with Crippen LogP contribution in [0.5, 0.6) is 11.5 Å². The van der Waals surface area contributed by atoms with Crippen molar-refractivity contribution in [1.29, 1.82) is 0 Å². The van der Waals surface area contributed by atoms with Crippen molar-refractivity contribution in [1.82, 2.24) is 0 Å². The molecule has 2 aromatic rings. The molecule has 2 nitrogen and oxygen atoms in total. The standard InChI is InChI=1S/C14H8O2/c1-3-9-5-7-12-11(13(9)15)8-6-10(4-2)14(12)16/h1-2,5-8,15-16H. The van der Waals surface area contributed by atoms with Crippen molar-refractivity contribution in [2.45, 2.75) is 0 Å². The summed E-state index contributed by atoms with van der Waals surface area (Å²) in [6.45, 7) is 0. The number of phenolic OH excluding ortho intramolecular Hbond substituents is 2. The predicted octanol–water partition coefficient (Wildman–Crippen LogP) is 2.21. The van der Waals surface area contributed by atoms with Crippen LogP contribution in [-0.2, 0) is 0 Å². The third kappa shape index (κ3) is 1.26. The minimum Gasteiger partial charge on any atom is -0.506 e. The maximum atomic E-state index is 9.83. The van der Waals surface area contributed by atoms with Gasteiger partial charge in [0, 0.05) is 10.8 Å². The number of fused-ring (bicyclic) bond motifs is 1. The van der Waals surface area contributed by atoms with E-state index in [2.05, 4.69) is 11.8 Å². The zero-order valence-electron chi connectivity index (χ0n) is 8.36. The maximum absolute atomic E-state index is 9.83. The fraction of sp³-hybridized carbons (Fsp3) is 0. The summed E-state index contributed by atoms with van der Waals surface area (Å²) in [5, 5.41) is 20.6. The molecule has 0 bridgehead atoms. The van der Waals surface area contributed by atoms with Crippen molar-refractivity contribution in [2.75, 3.05) is 0 Å². The van der Waals surface area contributed by atoms with Gasteiger partial charge in [0.2, 0.25) is 0 Å². The van der Waals surface area contributed by atoms with E-state index in [4.69, 9.17) is 12.8 Å². The molecule has 0 heterocycles. The van der Waals surface area contributed by atoms with E-state index in [1.807, 2.05) is 0 Å². The predicted molar refractivity (Wildman–Crippen MR) is 63.1 cm³/mol. The minimum atomic E-state index is -0.0149. The molecule has 0 aromatic heterocycles. The molecular weight excluding hydrogens is 200 g/mol. The second kappa shape index (κ2) is 3.53. The number of phenols is 2. The summed E-state index contributed by atoms with van der Waals surface area (Å²) in [7, 11) is 0. The number of hydrogen-bond donors (Lipinski definition) is 2. The zero-order valence-corrected chi connectivity index (χ0v) is 8.36. The normalized spacial score (nSPS) is 9.62. The van der Waals surface area contributed by atoms with E-state index >= 15 is 0 Å². The first kappa shape index (κ1) is 9.96. The van der Waals surface area contributed by atoms with Gasteiger partial charge in [0.15, 0.2) is 0 Å². The van der Waals surface area contributed by atoms with Crippen molar-refractivity contribution in [3.8, 4) is 36.2 Å². The molecule has 0 aliphatic rings. The summed E-state index contributed by atoms with van der Waals surface area (Å²) in [5.74, 6) is 4.70. The van der Waals surface area contributed by atoms with Gasteiger partial charge in [0.05, 0.1) is 11.1 Å². The first-order chi connectivity index (χ1) is 7.69. The molecule has 0 atom stereocenters. The second-order valence-corrected chi connectivity index (χ2v) is 3.31. The summed E-state index contributed by atoms with van der Waals surface area (Å²) in [4.78, 5) is 0. The molecule has 2 N–H and O–H groups in total. The highest BCUT2D eigenvalue weighted by Gasteiger charge is 2.09.